The smallest absolute Gasteiger partial charge is 0.216 e. The molecule has 2 N–H and O–H groups in total. The van der Waals surface area contributed by atoms with Crippen LogP contribution in [0.15, 0.2) is 28.8 Å². The fourth-order valence-corrected chi connectivity index (χ4v) is 1.83. The van der Waals surface area contributed by atoms with E-state index in [0.717, 1.165) is 17.6 Å². The van der Waals surface area contributed by atoms with Crippen LogP contribution in [-0.2, 0) is 6.42 Å². The highest BCUT2D eigenvalue weighted by Gasteiger charge is 2.09. The zero-order valence-electron chi connectivity index (χ0n) is 11.2. The Balaban J connectivity index is 1.95. The largest absolute Gasteiger partial charge is 0.441 e. The van der Waals surface area contributed by atoms with Crippen molar-refractivity contribution in [2.45, 2.75) is 13.3 Å². The Morgan fingerprint density at radius 2 is 2.43 bits per heavy atom. The fourth-order valence-electron chi connectivity index (χ4n) is 1.83. The molecule has 104 valence electrons. The lowest BCUT2D eigenvalue weighted by Gasteiger charge is -2.00. The number of tetrazole rings is 1. The number of H-pyrrole nitrogens is 1. The number of aromatic amines is 1. The van der Waals surface area contributed by atoms with Gasteiger partial charge in [-0.1, -0.05) is 13.0 Å². The molecule has 0 unspecified atom stereocenters. The van der Waals surface area contributed by atoms with Gasteiger partial charge in [-0.15, -0.1) is 10.2 Å². The fraction of sp³-hybridized carbons (Fsp3) is 0.154. The van der Waals surface area contributed by atoms with E-state index < -0.39 is 0 Å². The number of aryl methyl sites for hydroxylation is 1. The predicted octanol–water partition coefficient (Wildman–Crippen LogP) is 1.88. The predicted molar refractivity (Wildman–Crippen MR) is 74.8 cm³/mol. The number of nitrogens with one attached hydrogen (secondary N) is 2. The molecule has 0 spiro atoms. The number of hydrogen-bond donors (Lipinski definition) is 2. The number of nitrogens with zero attached hydrogens (tertiary/aromatic N) is 5. The van der Waals surface area contributed by atoms with E-state index in [-0.39, 0.29) is 11.4 Å². The van der Waals surface area contributed by atoms with Crippen molar-refractivity contribution in [3.63, 3.8) is 0 Å². The second kappa shape index (κ2) is 5.42. The van der Waals surface area contributed by atoms with Gasteiger partial charge >= 0.3 is 0 Å². The first-order valence-electron chi connectivity index (χ1n) is 6.31. The number of anilines is 1. The minimum absolute atomic E-state index is 0.228. The number of allylic oxidation sites excluding steroid dienone is 1. The summed E-state index contributed by atoms with van der Waals surface area (Å²) >= 11 is 0. The van der Waals surface area contributed by atoms with Crippen molar-refractivity contribution in [1.82, 2.24) is 25.6 Å². The molecule has 0 saturated heterocycles. The van der Waals surface area contributed by atoms with E-state index in [1.165, 1.54) is 6.20 Å². The van der Waals surface area contributed by atoms with Gasteiger partial charge in [0.25, 0.3) is 0 Å². The summed E-state index contributed by atoms with van der Waals surface area (Å²) < 4.78 is 5.59. The Kier molecular flexibility index (Phi) is 3.31. The molecule has 3 rings (SSSR count). The molecule has 0 fully saturated rings. The Bertz CT molecular complexity index is 826. The van der Waals surface area contributed by atoms with Crippen molar-refractivity contribution in [1.29, 1.82) is 5.26 Å². The SMILES string of the molecule is CCc1nc2c(NC=C(C#N)c3nn[nH]n3)cccc2o1. The molecular weight excluding hydrogens is 270 g/mol. The van der Waals surface area contributed by atoms with Gasteiger partial charge in [0.2, 0.25) is 5.82 Å². The molecule has 8 heteroatoms. The van der Waals surface area contributed by atoms with Gasteiger partial charge in [0.1, 0.15) is 17.2 Å². The van der Waals surface area contributed by atoms with Crippen molar-refractivity contribution in [2.75, 3.05) is 5.32 Å². The molecule has 0 bridgehead atoms. The van der Waals surface area contributed by atoms with Gasteiger partial charge in [-0.2, -0.15) is 10.5 Å². The van der Waals surface area contributed by atoms with Crippen molar-refractivity contribution in [3.05, 3.63) is 36.1 Å². The quantitative estimate of drug-likeness (QED) is 0.701. The van der Waals surface area contributed by atoms with Crippen LogP contribution < -0.4 is 5.32 Å². The standard InChI is InChI=1S/C13H11N7O/c1-2-11-16-12-9(4-3-5-10(12)21-11)15-7-8(6-14)13-17-19-20-18-13/h3-5,7,15H,2H2,1H3,(H,17,18,19,20). The first-order valence-corrected chi connectivity index (χ1v) is 6.31. The van der Waals surface area contributed by atoms with Crippen LogP contribution in [0.1, 0.15) is 18.6 Å². The molecule has 0 radical (unpaired) electrons. The lowest BCUT2D eigenvalue weighted by atomic mass is 10.2. The van der Waals surface area contributed by atoms with E-state index in [1.807, 2.05) is 31.2 Å². The van der Waals surface area contributed by atoms with Gasteiger partial charge in [-0.05, 0) is 17.3 Å². The van der Waals surface area contributed by atoms with Gasteiger partial charge < -0.3 is 9.73 Å². The summed E-state index contributed by atoms with van der Waals surface area (Å²) in [5.41, 5.74) is 2.42. The van der Waals surface area contributed by atoms with Crippen LogP contribution in [0.5, 0.6) is 0 Å². The van der Waals surface area contributed by atoms with Crippen molar-refractivity contribution in [3.8, 4) is 6.07 Å². The summed E-state index contributed by atoms with van der Waals surface area (Å²) in [7, 11) is 0. The second-order valence-corrected chi connectivity index (χ2v) is 4.16. The molecule has 0 atom stereocenters. The van der Waals surface area contributed by atoms with E-state index in [0.29, 0.717) is 11.5 Å². The number of fused-ring (bicyclic) bond motifs is 1. The lowest BCUT2D eigenvalue weighted by molar-refractivity contribution is 0.538. The molecule has 0 aliphatic heterocycles. The summed E-state index contributed by atoms with van der Waals surface area (Å²) in [5.74, 6) is 0.897. The maximum atomic E-state index is 9.12. The van der Waals surface area contributed by atoms with E-state index in [2.05, 4.69) is 30.9 Å². The van der Waals surface area contributed by atoms with Crippen LogP contribution >= 0.6 is 0 Å². The van der Waals surface area contributed by atoms with Crippen LogP contribution in [0.3, 0.4) is 0 Å². The molecule has 8 nitrogen and oxygen atoms in total. The van der Waals surface area contributed by atoms with E-state index in [4.69, 9.17) is 9.68 Å². The molecule has 2 heterocycles. The Morgan fingerprint density at radius 1 is 1.52 bits per heavy atom. The normalized spacial score (nSPS) is 11.5. The van der Waals surface area contributed by atoms with E-state index in [1.54, 1.807) is 0 Å². The van der Waals surface area contributed by atoms with Crippen molar-refractivity contribution >= 4 is 22.4 Å². The van der Waals surface area contributed by atoms with Gasteiger partial charge in [-0.3, -0.25) is 0 Å². The second-order valence-electron chi connectivity index (χ2n) is 4.16. The zero-order chi connectivity index (χ0) is 14.7. The molecule has 0 amide bonds. The van der Waals surface area contributed by atoms with Crippen LogP contribution in [0.2, 0.25) is 0 Å². The monoisotopic (exact) mass is 281 g/mol. The van der Waals surface area contributed by atoms with Gasteiger partial charge in [0, 0.05) is 12.6 Å². The number of aromatic nitrogens is 5. The summed E-state index contributed by atoms with van der Waals surface area (Å²) in [6.07, 6.45) is 2.23. The first kappa shape index (κ1) is 12.8. The Hall–Kier alpha value is -3.21. The zero-order valence-corrected chi connectivity index (χ0v) is 11.2. The number of hydrogen-bond acceptors (Lipinski definition) is 7. The highest BCUT2D eigenvalue weighted by Crippen LogP contribution is 2.24. The van der Waals surface area contributed by atoms with Crippen LogP contribution in [0.4, 0.5) is 5.69 Å². The maximum absolute atomic E-state index is 9.12. The first-order chi connectivity index (χ1) is 10.3. The van der Waals surface area contributed by atoms with Crippen LogP contribution in [-0.4, -0.2) is 25.6 Å². The Labute approximate surface area is 119 Å². The van der Waals surface area contributed by atoms with E-state index in [9.17, 15) is 0 Å². The number of benzene rings is 1. The number of nitriles is 1. The third-order valence-electron chi connectivity index (χ3n) is 2.84. The molecule has 21 heavy (non-hydrogen) atoms. The highest BCUT2D eigenvalue weighted by atomic mass is 16.3. The van der Waals surface area contributed by atoms with Gasteiger partial charge in [0.05, 0.1) is 5.69 Å². The van der Waals surface area contributed by atoms with Crippen LogP contribution in [0.25, 0.3) is 16.7 Å². The third-order valence-corrected chi connectivity index (χ3v) is 2.84. The summed E-state index contributed by atoms with van der Waals surface area (Å²) in [4.78, 5) is 4.41. The number of oxazole rings is 1. The summed E-state index contributed by atoms with van der Waals surface area (Å²) in [5, 5.41) is 25.4. The third kappa shape index (κ3) is 2.44. The molecule has 0 aliphatic carbocycles. The average molecular weight is 281 g/mol. The van der Waals surface area contributed by atoms with Crippen molar-refractivity contribution in [2.24, 2.45) is 0 Å². The minimum atomic E-state index is 0.228. The number of rotatable bonds is 4. The van der Waals surface area contributed by atoms with E-state index >= 15 is 0 Å². The molecule has 0 saturated carbocycles. The Morgan fingerprint density at radius 3 is 3.14 bits per heavy atom. The topological polar surface area (TPSA) is 116 Å². The molecule has 3 aromatic rings. The summed E-state index contributed by atoms with van der Waals surface area (Å²) in [6.45, 7) is 1.97. The molecular formula is C13H11N7O. The highest BCUT2D eigenvalue weighted by molar-refractivity contribution is 5.88. The average Bonchev–Trinajstić information content (AvgIpc) is 3.17. The lowest BCUT2D eigenvalue weighted by Crippen LogP contribution is -1.93. The van der Waals surface area contributed by atoms with Crippen LogP contribution in [0, 0.1) is 11.3 Å². The number of para-hydroxylation sites is 1. The van der Waals surface area contributed by atoms with Gasteiger partial charge in [-0.25, -0.2) is 4.98 Å². The van der Waals surface area contributed by atoms with Crippen molar-refractivity contribution < 1.29 is 4.42 Å². The maximum Gasteiger partial charge on any atom is 0.216 e. The molecule has 2 aromatic heterocycles. The summed E-state index contributed by atoms with van der Waals surface area (Å²) in [6, 6.07) is 7.56. The minimum Gasteiger partial charge on any atom is -0.441 e. The molecule has 1 aromatic carbocycles. The van der Waals surface area contributed by atoms with Gasteiger partial charge in [0.15, 0.2) is 11.5 Å². The molecule has 0 aliphatic rings.